The summed E-state index contributed by atoms with van der Waals surface area (Å²) in [6, 6.07) is 4.28. The van der Waals surface area contributed by atoms with Crippen LogP contribution in [0.1, 0.15) is 59.4 Å². The number of hydrogen-bond donors (Lipinski definition) is 2. The van der Waals surface area contributed by atoms with Gasteiger partial charge in [-0.2, -0.15) is 0 Å². The van der Waals surface area contributed by atoms with Crippen molar-refractivity contribution in [2.45, 2.75) is 81.6 Å². The Morgan fingerprint density at radius 2 is 1.94 bits per heavy atom. The molecule has 0 radical (unpaired) electrons. The maximum absolute atomic E-state index is 14.0. The summed E-state index contributed by atoms with van der Waals surface area (Å²) in [5.74, 6) is 1.88. The molecule has 7 heteroatoms. The third-order valence-electron chi connectivity index (χ3n) is 11.2. The number of likely N-dealkylation sites (N-methyl/N-ethyl adjacent to an activating group) is 1. The van der Waals surface area contributed by atoms with E-state index in [1.807, 2.05) is 38.8 Å². The highest BCUT2D eigenvalue weighted by molar-refractivity contribution is 5.92. The molecule has 0 aromatic heterocycles. The average molecular weight is 480 g/mol. The van der Waals surface area contributed by atoms with E-state index in [0.29, 0.717) is 12.8 Å². The molecule has 35 heavy (non-hydrogen) atoms. The molecule has 5 fully saturated rings. The number of piperidine rings is 2. The molecular formula is C28H37N3O4. The highest BCUT2D eigenvalue weighted by Crippen LogP contribution is 2.72. The second-order valence-electron chi connectivity index (χ2n) is 13.3. The lowest BCUT2D eigenvalue weighted by Gasteiger charge is -2.65. The van der Waals surface area contributed by atoms with Crippen molar-refractivity contribution in [3.05, 3.63) is 30.0 Å². The molecule has 1 amide bonds. The Morgan fingerprint density at radius 3 is 2.71 bits per heavy atom. The Bertz CT molecular complexity index is 1200. The summed E-state index contributed by atoms with van der Waals surface area (Å²) >= 11 is 0. The second kappa shape index (κ2) is 6.00. The third kappa shape index (κ3) is 2.21. The molecule has 1 saturated carbocycles. The quantitative estimate of drug-likeness (QED) is 0.595. The topological polar surface area (TPSA) is 74.3 Å². The zero-order valence-corrected chi connectivity index (χ0v) is 21.7. The van der Waals surface area contributed by atoms with Crippen LogP contribution in [0.5, 0.6) is 11.5 Å². The van der Waals surface area contributed by atoms with Crippen molar-refractivity contribution in [3.63, 3.8) is 0 Å². The first-order chi connectivity index (χ1) is 16.3. The fourth-order valence-corrected chi connectivity index (χ4v) is 9.15. The van der Waals surface area contributed by atoms with E-state index in [1.165, 1.54) is 5.56 Å². The number of ether oxygens (including phenoxy) is 2. The fraction of sp³-hybridized carbons (Fsp3) is 0.679. The maximum atomic E-state index is 14.0. The number of carbonyl (C=O) groups excluding carboxylic acids is 1. The SMILES string of the molecule is CN1C(=O)[C@]23C[C@H]4C1(CN2CC[C@@]3(C)O)C[C@@]1(CNc2c1ccc1c2OC=CC(C)(C)O1)C4(C)C. The van der Waals surface area contributed by atoms with Gasteiger partial charge in [-0.3, -0.25) is 9.69 Å². The smallest absolute Gasteiger partial charge is 0.246 e. The molecule has 1 unspecified atom stereocenters. The Kier molecular flexibility index (Phi) is 3.77. The maximum Gasteiger partial charge on any atom is 0.246 e. The van der Waals surface area contributed by atoms with Crippen LogP contribution in [0.4, 0.5) is 5.69 Å². The van der Waals surface area contributed by atoms with Crippen molar-refractivity contribution in [1.29, 1.82) is 0 Å². The first-order valence-corrected chi connectivity index (χ1v) is 13.0. The third-order valence-corrected chi connectivity index (χ3v) is 11.2. The fourth-order valence-electron chi connectivity index (χ4n) is 9.15. The predicted octanol–water partition coefficient (Wildman–Crippen LogP) is 3.27. The monoisotopic (exact) mass is 479 g/mol. The first-order valence-electron chi connectivity index (χ1n) is 13.0. The number of nitrogens with one attached hydrogen (secondary N) is 1. The van der Waals surface area contributed by atoms with Gasteiger partial charge in [0.15, 0.2) is 11.5 Å². The van der Waals surface area contributed by atoms with Crippen LogP contribution in [0.15, 0.2) is 24.5 Å². The molecule has 3 spiro atoms. The Balaban J connectivity index is 1.38. The van der Waals surface area contributed by atoms with Gasteiger partial charge in [-0.15, -0.1) is 0 Å². The zero-order chi connectivity index (χ0) is 24.8. The van der Waals surface area contributed by atoms with E-state index in [0.717, 1.165) is 43.2 Å². The lowest BCUT2D eigenvalue weighted by molar-refractivity contribution is -0.206. The molecule has 4 saturated heterocycles. The average Bonchev–Trinajstić information content (AvgIpc) is 3.29. The van der Waals surface area contributed by atoms with Crippen LogP contribution in [0.25, 0.3) is 0 Å². The molecule has 1 aliphatic carbocycles. The van der Waals surface area contributed by atoms with Crippen molar-refractivity contribution >= 4 is 11.6 Å². The van der Waals surface area contributed by atoms with Crippen molar-refractivity contribution in [1.82, 2.24) is 9.80 Å². The number of aliphatic hydroxyl groups is 1. The molecular weight excluding hydrogens is 442 g/mol. The van der Waals surface area contributed by atoms with E-state index in [9.17, 15) is 9.90 Å². The van der Waals surface area contributed by atoms with Crippen LogP contribution < -0.4 is 14.8 Å². The van der Waals surface area contributed by atoms with E-state index < -0.39 is 16.7 Å². The summed E-state index contributed by atoms with van der Waals surface area (Å²) in [6.45, 7) is 13.1. The van der Waals surface area contributed by atoms with Crippen molar-refractivity contribution in [2.24, 2.45) is 11.3 Å². The molecule has 7 aliphatic rings. The largest absolute Gasteiger partial charge is 0.480 e. The minimum absolute atomic E-state index is 0.104. The normalized spacial score (nSPS) is 43.7. The highest BCUT2D eigenvalue weighted by atomic mass is 16.5. The number of rotatable bonds is 0. The van der Waals surface area contributed by atoms with Gasteiger partial charge in [0.25, 0.3) is 0 Å². The van der Waals surface area contributed by atoms with E-state index in [4.69, 9.17) is 9.47 Å². The van der Waals surface area contributed by atoms with Crippen molar-refractivity contribution in [3.8, 4) is 11.5 Å². The minimum atomic E-state index is -1.01. The van der Waals surface area contributed by atoms with E-state index in [2.05, 4.69) is 36.2 Å². The Hall–Kier alpha value is -2.25. The molecule has 2 N–H and O–H groups in total. The van der Waals surface area contributed by atoms with Crippen LogP contribution in [0.2, 0.25) is 0 Å². The van der Waals surface area contributed by atoms with Gasteiger partial charge in [0.2, 0.25) is 5.91 Å². The van der Waals surface area contributed by atoms with Gasteiger partial charge in [0.1, 0.15) is 11.1 Å². The minimum Gasteiger partial charge on any atom is -0.480 e. The Labute approximate surface area is 207 Å². The number of amides is 1. The van der Waals surface area contributed by atoms with E-state index >= 15 is 0 Å². The van der Waals surface area contributed by atoms with Gasteiger partial charge in [-0.05, 0) is 69.1 Å². The number of piperazine rings is 1. The molecule has 7 nitrogen and oxygen atoms in total. The number of fused-ring (bicyclic) bond motifs is 5. The summed E-state index contributed by atoms with van der Waals surface area (Å²) in [5.41, 5.74) is -0.511. The number of benzene rings is 1. The molecule has 6 heterocycles. The van der Waals surface area contributed by atoms with Gasteiger partial charge >= 0.3 is 0 Å². The lowest BCUT2D eigenvalue weighted by atomic mass is 9.55. The summed E-state index contributed by atoms with van der Waals surface area (Å²) in [4.78, 5) is 18.3. The van der Waals surface area contributed by atoms with Gasteiger partial charge in [-0.25, -0.2) is 0 Å². The van der Waals surface area contributed by atoms with Crippen molar-refractivity contribution in [2.75, 3.05) is 32.0 Å². The van der Waals surface area contributed by atoms with Gasteiger partial charge in [0.05, 0.1) is 23.1 Å². The van der Waals surface area contributed by atoms with E-state index in [1.54, 1.807) is 6.26 Å². The van der Waals surface area contributed by atoms with Crippen LogP contribution in [-0.4, -0.2) is 69.8 Å². The van der Waals surface area contributed by atoms with Gasteiger partial charge in [0, 0.05) is 32.1 Å². The molecule has 188 valence electrons. The lowest BCUT2D eigenvalue weighted by Crippen LogP contribution is -2.82. The molecule has 6 aliphatic heterocycles. The highest BCUT2D eigenvalue weighted by Gasteiger charge is 2.80. The van der Waals surface area contributed by atoms with Crippen LogP contribution in [0.3, 0.4) is 0 Å². The molecule has 2 bridgehead atoms. The number of nitrogens with zero attached hydrogens (tertiary/aromatic N) is 2. The summed E-state index contributed by atoms with van der Waals surface area (Å²) in [6.07, 6.45) is 5.94. The summed E-state index contributed by atoms with van der Waals surface area (Å²) < 4.78 is 12.4. The number of hydrogen-bond acceptors (Lipinski definition) is 6. The molecule has 1 aromatic rings. The molecule has 5 atom stereocenters. The zero-order valence-electron chi connectivity index (χ0n) is 21.7. The second-order valence-corrected chi connectivity index (χ2v) is 13.3. The van der Waals surface area contributed by atoms with Crippen LogP contribution in [-0.2, 0) is 10.2 Å². The summed E-state index contributed by atoms with van der Waals surface area (Å²) in [5, 5.41) is 15.2. The molecule has 8 rings (SSSR count). The van der Waals surface area contributed by atoms with E-state index in [-0.39, 0.29) is 28.2 Å². The number of anilines is 1. The standard InChI is InChI=1S/C28H37N3O4/c1-23(2)10-12-34-21-18(35-23)8-7-17-20(21)29-15-26(17)14-27-16-31-11-9-25(5,33)28(31,22(32)30(27)6)13-19(27)24(26,3)4/h7-8,10,12,19,29,33H,9,11,13-16H2,1-6H3/t19-,25-,26+,27?,28+/m1/s1. The van der Waals surface area contributed by atoms with Crippen LogP contribution in [0, 0.1) is 11.3 Å². The molecule has 1 aromatic carbocycles. The van der Waals surface area contributed by atoms with Crippen molar-refractivity contribution < 1.29 is 19.4 Å². The Morgan fingerprint density at radius 1 is 1.17 bits per heavy atom. The van der Waals surface area contributed by atoms with Crippen LogP contribution >= 0.6 is 0 Å². The van der Waals surface area contributed by atoms with Gasteiger partial charge < -0.3 is 24.8 Å². The predicted molar refractivity (Wildman–Crippen MR) is 133 cm³/mol. The first kappa shape index (κ1) is 22.0. The van der Waals surface area contributed by atoms with Gasteiger partial charge in [-0.1, -0.05) is 19.9 Å². The summed E-state index contributed by atoms with van der Waals surface area (Å²) in [7, 11) is 1.99. The number of carbonyl (C=O) groups is 1.